The van der Waals surface area contributed by atoms with Crippen molar-refractivity contribution in [3.8, 4) is 0 Å². The predicted octanol–water partition coefficient (Wildman–Crippen LogP) is 4.24. The molecule has 2 atom stereocenters. The first-order chi connectivity index (χ1) is 9.34. The Hall–Kier alpha value is -1.64. The van der Waals surface area contributed by atoms with Crippen LogP contribution in [0.25, 0.3) is 10.1 Å². The average molecular weight is 265 g/mol. The third-order valence-corrected chi connectivity index (χ3v) is 5.18. The number of nitrogens with two attached hydrogens (primary N) is 1. The maximum atomic E-state index is 6.53. The molecule has 0 saturated heterocycles. The van der Waals surface area contributed by atoms with Gasteiger partial charge < -0.3 is 5.73 Å². The quantitative estimate of drug-likeness (QED) is 0.737. The predicted molar refractivity (Wildman–Crippen MR) is 81.6 cm³/mol. The van der Waals surface area contributed by atoms with Gasteiger partial charge in [0.15, 0.2) is 0 Å². The van der Waals surface area contributed by atoms with Gasteiger partial charge in [-0.25, -0.2) is 0 Å². The molecule has 2 unspecified atom stereocenters. The van der Waals surface area contributed by atoms with E-state index >= 15 is 0 Å². The molecule has 19 heavy (non-hydrogen) atoms. The van der Waals surface area contributed by atoms with Gasteiger partial charge in [0, 0.05) is 16.7 Å². The molecular formula is C17H15NS. The average Bonchev–Trinajstić information content (AvgIpc) is 2.84. The van der Waals surface area contributed by atoms with Crippen LogP contribution in [-0.4, -0.2) is 0 Å². The lowest BCUT2D eigenvalue weighted by molar-refractivity contribution is 0.503. The second-order valence-corrected chi connectivity index (χ2v) is 6.13. The van der Waals surface area contributed by atoms with Crippen molar-refractivity contribution in [2.24, 2.45) is 5.73 Å². The molecule has 0 fully saturated rings. The molecule has 94 valence electrons. The molecule has 3 aromatic rings. The summed E-state index contributed by atoms with van der Waals surface area (Å²) in [6, 6.07) is 17.3. The summed E-state index contributed by atoms with van der Waals surface area (Å²) in [5, 5.41) is 3.56. The molecule has 1 nitrogen and oxygen atoms in total. The molecule has 0 spiro atoms. The second-order valence-electron chi connectivity index (χ2n) is 5.22. The molecule has 2 heteroatoms. The Morgan fingerprint density at radius 2 is 1.84 bits per heavy atom. The van der Waals surface area contributed by atoms with Gasteiger partial charge in [-0.15, -0.1) is 11.3 Å². The van der Waals surface area contributed by atoms with E-state index in [2.05, 4.69) is 53.9 Å². The van der Waals surface area contributed by atoms with Gasteiger partial charge in [-0.05, 0) is 39.9 Å². The lowest BCUT2D eigenvalue weighted by atomic mass is 9.72. The first-order valence-corrected chi connectivity index (χ1v) is 7.52. The third-order valence-electron chi connectivity index (χ3n) is 4.20. The minimum atomic E-state index is 0.117. The third kappa shape index (κ3) is 1.64. The molecule has 0 saturated carbocycles. The van der Waals surface area contributed by atoms with Gasteiger partial charge in [-0.3, -0.25) is 0 Å². The largest absolute Gasteiger partial charge is 0.323 e. The summed E-state index contributed by atoms with van der Waals surface area (Å²) in [6.07, 6.45) is 1.11. The summed E-state index contributed by atoms with van der Waals surface area (Å²) in [6.45, 7) is 0. The minimum Gasteiger partial charge on any atom is -0.323 e. The van der Waals surface area contributed by atoms with Gasteiger partial charge in [-0.1, -0.05) is 42.5 Å². The molecule has 1 aliphatic rings. The van der Waals surface area contributed by atoms with Gasteiger partial charge in [-0.2, -0.15) is 0 Å². The zero-order valence-electron chi connectivity index (χ0n) is 10.5. The van der Waals surface area contributed by atoms with Crippen molar-refractivity contribution >= 4 is 21.4 Å². The highest BCUT2D eigenvalue weighted by atomic mass is 32.1. The van der Waals surface area contributed by atoms with Crippen molar-refractivity contribution in [1.29, 1.82) is 0 Å². The maximum Gasteiger partial charge on any atom is 0.0382 e. The van der Waals surface area contributed by atoms with Crippen LogP contribution in [0.5, 0.6) is 0 Å². The van der Waals surface area contributed by atoms with E-state index in [1.54, 1.807) is 11.3 Å². The second kappa shape index (κ2) is 4.19. The van der Waals surface area contributed by atoms with Crippen molar-refractivity contribution in [2.45, 2.75) is 18.4 Å². The molecular weight excluding hydrogens is 250 g/mol. The van der Waals surface area contributed by atoms with Crippen LogP contribution in [0.2, 0.25) is 0 Å². The smallest absolute Gasteiger partial charge is 0.0382 e. The topological polar surface area (TPSA) is 26.0 Å². The van der Waals surface area contributed by atoms with Crippen LogP contribution in [0.15, 0.2) is 53.9 Å². The molecule has 1 aromatic heterocycles. The van der Waals surface area contributed by atoms with Crippen LogP contribution in [0.4, 0.5) is 0 Å². The highest BCUT2D eigenvalue weighted by Gasteiger charge is 2.32. The first-order valence-electron chi connectivity index (χ1n) is 6.64. The molecule has 1 heterocycles. The van der Waals surface area contributed by atoms with Crippen LogP contribution in [0.3, 0.4) is 0 Å². The highest BCUT2D eigenvalue weighted by molar-refractivity contribution is 7.17. The van der Waals surface area contributed by atoms with Gasteiger partial charge in [0.1, 0.15) is 0 Å². The molecule has 2 N–H and O–H groups in total. The fourth-order valence-corrected chi connectivity index (χ4v) is 4.10. The first kappa shape index (κ1) is 11.2. The number of benzene rings is 2. The van der Waals surface area contributed by atoms with Crippen LogP contribution >= 0.6 is 11.3 Å². The molecule has 0 radical (unpaired) electrons. The van der Waals surface area contributed by atoms with E-state index in [1.165, 1.54) is 26.8 Å². The summed E-state index contributed by atoms with van der Waals surface area (Å²) in [4.78, 5) is 0. The van der Waals surface area contributed by atoms with Gasteiger partial charge in [0.25, 0.3) is 0 Å². The maximum absolute atomic E-state index is 6.53. The van der Waals surface area contributed by atoms with Gasteiger partial charge in [0.05, 0.1) is 0 Å². The van der Waals surface area contributed by atoms with Crippen molar-refractivity contribution < 1.29 is 0 Å². The zero-order valence-corrected chi connectivity index (χ0v) is 11.4. The zero-order chi connectivity index (χ0) is 12.8. The van der Waals surface area contributed by atoms with Crippen LogP contribution in [0, 0.1) is 0 Å². The van der Waals surface area contributed by atoms with E-state index in [0.717, 1.165) is 6.42 Å². The fourth-order valence-electron chi connectivity index (χ4n) is 3.09. The summed E-state index contributed by atoms with van der Waals surface area (Å²) in [5.41, 5.74) is 10.7. The SMILES string of the molecule is NC(c1csc2ccccc12)C1Cc2ccccc21. The van der Waals surface area contributed by atoms with E-state index in [-0.39, 0.29) is 6.04 Å². The van der Waals surface area contributed by atoms with E-state index in [9.17, 15) is 0 Å². The highest BCUT2D eigenvalue weighted by Crippen LogP contribution is 2.44. The summed E-state index contributed by atoms with van der Waals surface area (Å²) >= 11 is 1.80. The summed E-state index contributed by atoms with van der Waals surface area (Å²) in [7, 11) is 0. The Balaban J connectivity index is 1.74. The lowest BCUT2D eigenvalue weighted by Gasteiger charge is -2.34. The van der Waals surface area contributed by atoms with Gasteiger partial charge in [0.2, 0.25) is 0 Å². The Labute approximate surface area is 116 Å². The molecule has 1 aliphatic carbocycles. The number of thiophene rings is 1. The van der Waals surface area contributed by atoms with Crippen molar-refractivity contribution in [3.63, 3.8) is 0 Å². The van der Waals surface area contributed by atoms with Crippen molar-refractivity contribution in [2.75, 3.05) is 0 Å². The number of hydrogen-bond donors (Lipinski definition) is 1. The molecule has 4 rings (SSSR count). The molecule has 2 aromatic carbocycles. The number of rotatable bonds is 2. The lowest BCUT2D eigenvalue weighted by Crippen LogP contribution is -2.28. The Bertz CT molecular complexity index is 744. The summed E-state index contributed by atoms with van der Waals surface area (Å²) in [5.74, 6) is 0.481. The standard InChI is InChI=1S/C17H15NS/c18-17(14-9-11-5-1-2-6-12(11)14)15-10-19-16-8-4-3-7-13(15)16/h1-8,10,14,17H,9,18H2. The minimum absolute atomic E-state index is 0.117. The Morgan fingerprint density at radius 1 is 1.05 bits per heavy atom. The van der Waals surface area contributed by atoms with E-state index in [1.807, 2.05) is 0 Å². The molecule has 0 aliphatic heterocycles. The molecule has 0 amide bonds. The fraction of sp³-hybridized carbons (Fsp3) is 0.176. The van der Waals surface area contributed by atoms with E-state index in [4.69, 9.17) is 5.73 Å². The number of fused-ring (bicyclic) bond motifs is 2. The molecule has 0 bridgehead atoms. The van der Waals surface area contributed by atoms with Gasteiger partial charge >= 0.3 is 0 Å². The summed E-state index contributed by atoms with van der Waals surface area (Å²) < 4.78 is 1.33. The van der Waals surface area contributed by atoms with E-state index < -0.39 is 0 Å². The van der Waals surface area contributed by atoms with Crippen LogP contribution in [-0.2, 0) is 6.42 Å². The van der Waals surface area contributed by atoms with Crippen molar-refractivity contribution in [3.05, 3.63) is 70.6 Å². The van der Waals surface area contributed by atoms with Crippen molar-refractivity contribution in [1.82, 2.24) is 0 Å². The van der Waals surface area contributed by atoms with Crippen LogP contribution < -0.4 is 5.73 Å². The Kier molecular flexibility index (Phi) is 2.47. The monoisotopic (exact) mass is 265 g/mol. The van der Waals surface area contributed by atoms with E-state index in [0.29, 0.717) is 5.92 Å². The van der Waals surface area contributed by atoms with Crippen LogP contribution in [0.1, 0.15) is 28.7 Å². The number of hydrogen-bond acceptors (Lipinski definition) is 2. The normalized spacial score (nSPS) is 18.9. The Morgan fingerprint density at radius 3 is 2.74 bits per heavy atom.